The number of hydrogen-bond acceptors (Lipinski definition) is 2. The smallest absolute Gasteiger partial charge is 0.336 e. The highest BCUT2D eigenvalue weighted by molar-refractivity contribution is 5.75. The molecule has 0 aliphatic heterocycles. The van der Waals surface area contributed by atoms with Crippen molar-refractivity contribution >= 4 is 6.03 Å². The van der Waals surface area contributed by atoms with Crippen LogP contribution in [-0.4, -0.2) is 22.4 Å². The normalized spacial score (nSPS) is 9.64. The first kappa shape index (κ1) is 7.78. The van der Waals surface area contributed by atoms with Crippen LogP contribution in [0.1, 0.15) is 12.6 Å². The van der Waals surface area contributed by atoms with Crippen LogP contribution in [0.25, 0.3) is 0 Å². The molecule has 0 saturated heterocycles. The second-order valence-electron chi connectivity index (χ2n) is 2.24. The summed E-state index contributed by atoms with van der Waals surface area (Å²) < 4.78 is 1.29. The van der Waals surface area contributed by atoms with Crippen molar-refractivity contribution in [3.63, 3.8) is 0 Å². The van der Waals surface area contributed by atoms with Crippen molar-refractivity contribution in [3.05, 3.63) is 18.0 Å². The molecule has 1 amide bonds. The fraction of sp³-hybridized carbons (Fsp3) is 0.429. The second kappa shape index (κ2) is 3.18. The van der Waals surface area contributed by atoms with Crippen LogP contribution in [0.4, 0.5) is 4.79 Å². The van der Waals surface area contributed by atoms with Crippen LogP contribution >= 0.6 is 0 Å². The van der Waals surface area contributed by atoms with Gasteiger partial charge in [-0.1, -0.05) is 0 Å². The lowest BCUT2D eigenvalue weighted by molar-refractivity contribution is 0.240. The molecule has 11 heavy (non-hydrogen) atoms. The van der Waals surface area contributed by atoms with Gasteiger partial charge in [0.25, 0.3) is 0 Å². The third kappa shape index (κ3) is 1.80. The first-order valence-corrected chi connectivity index (χ1v) is 3.54. The molecule has 0 aliphatic rings. The summed E-state index contributed by atoms with van der Waals surface area (Å²) in [5.41, 5.74) is 0.844. The van der Waals surface area contributed by atoms with Crippen molar-refractivity contribution in [2.45, 2.75) is 13.8 Å². The van der Waals surface area contributed by atoms with Crippen LogP contribution in [0.5, 0.6) is 0 Å². The molecule has 1 N–H and O–H groups in total. The zero-order chi connectivity index (χ0) is 8.27. The molecule has 60 valence electrons. The minimum atomic E-state index is -0.180. The molecule has 0 spiro atoms. The molecule has 0 unspecified atom stereocenters. The molecular weight excluding hydrogens is 142 g/mol. The molecule has 0 bridgehead atoms. The molecule has 0 aromatic carbocycles. The Hall–Kier alpha value is -1.32. The molecule has 1 rings (SSSR count). The Balaban J connectivity index is 2.69. The predicted molar refractivity (Wildman–Crippen MR) is 41.4 cm³/mol. The van der Waals surface area contributed by atoms with Crippen LogP contribution < -0.4 is 5.32 Å². The Morgan fingerprint density at radius 3 is 3.00 bits per heavy atom. The quantitative estimate of drug-likeness (QED) is 0.647. The number of aryl methyl sites for hydroxylation is 1. The van der Waals surface area contributed by atoms with Crippen LogP contribution in [0.3, 0.4) is 0 Å². The van der Waals surface area contributed by atoms with E-state index in [1.807, 2.05) is 13.8 Å². The molecule has 0 radical (unpaired) electrons. The van der Waals surface area contributed by atoms with E-state index in [4.69, 9.17) is 0 Å². The predicted octanol–water partition coefficient (Wildman–Crippen LogP) is 0.769. The van der Waals surface area contributed by atoms with Gasteiger partial charge in [-0.3, -0.25) is 0 Å². The van der Waals surface area contributed by atoms with E-state index in [-0.39, 0.29) is 6.03 Å². The lowest BCUT2D eigenvalue weighted by Gasteiger charge is -1.99. The summed E-state index contributed by atoms with van der Waals surface area (Å²) in [6.07, 6.45) is 1.64. The molecule has 4 nitrogen and oxygen atoms in total. The van der Waals surface area contributed by atoms with Crippen LogP contribution in [-0.2, 0) is 0 Å². The van der Waals surface area contributed by atoms with E-state index in [0.29, 0.717) is 6.54 Å². The molecule has 1 aromatic heterocycles. The number of aromatic nitrogens is 2. The highest BCUT2D eigenvalue weighted by atomic mass is 16.2. The van der Waals surface area contributed by atoms with Crippen molar-refractivity contribution in [1.29, 1.82) is 0 Å². The van der Waals surface area contributed by atoms with Gasteiger partial charge in [0.2, 0.25) is 0 Å². The number of hydrogen-bond donors (Lipinski definition) is 1. The standard InChI is InChI=1S/C7H11N3O/c1-3-8-7(11)10-5-4-6(2)9-10/h4-5H,3H2,1-2H3,(H,8,11). The summed E-state index contributed by atoms with van der Waals surface area (Å²) in [4.78, 5) is 11.0. The van der Waals surface area contributed by atoms with Gasteiger partial charge < -0.3 is 5.32 Å². The van der Waals surface area contributed by atoms with Crippen molar-refractivity contribution in [3.8, 4) is 0 Å². The van der Waals surface area contributed by atoms with E-state index in [2.05, 4.69) is 10.4 Å². The number of nitrogens with zero attached hydrogens (tertiary/aromatic N) is 2. The topological polar surface area (TPSA) is 46.9 Å². The average Bonchev–Trinajstić information content (AvgIpc) is 2.36. The minimum Gasteiger partial charge on any atom is -0.336 e. The zero-order valence-corrected chi connectivity index (χ0v) is 6.66. The molecule has 0 aliphatic carbocycles. The van der Waals surface area contributed by atoms with Gasteiger partial charge >= 0.3 is 6.03 Å². The van der Waals surface area contributed by atoms with Gasteiger partial charge in [-0.15, -0.1) is 0 Å². The van der Waals surface area contributed by atoms with Crippen LogP contribution in [0.2, 0.25) is 0 Å². The Bertz CT molecular complexity index is 254. The summed E-state index contributed by atoms with van der Waals surface area (Å²) in [7, 11) is 0. The summed E-state index contributed by atoms with van der Waals surface area (Å²) in [6.45, 7) is 4.34. The monoisotopic (exact) mass is 153 g/mol. The van der Waals surface area contributed by atoms with Gasteiger partial charge in [-0.05, 0) is 19.9 Å². The molecule has 1 aromatic rings. The third-order valence-corrected chi connectivity index (χ3v) is 1.26. The number of rotatable bonds is 1. The van der Waals surface area contributed by atoms with Crippen LogP contribution in [0.15, 0.2) is 12.3 Å². The second-order valence-corrected chi connectivity index (χ2v) is 2.24. The maximum Gasteiger partial charge on any atom is 0.342 e. The SMILES string of the molecule is CCNC(=O)n1ccc(C)n1. The molecule has 0 atom stereocenters. The summed E-state index contributed by atoms with van der Waals surface area (Å²) in [6, 6.07) is 1.61. The van der Waals surface area contributed by atoms with E-state index in [0.717, 1.165) is 5.69 Å². The van der Waals surface area contributed by atoms with E-state index in [1.165, 1.54) is 4.68 Å². The molecule has 0 fully saturated rings. The van der Waals surface area contributed by atoms with Crippen LogP contribution in [0, 0.1) is 6.92 Å². The molecular formula is C7H11N3O. The third-order valence-electron chi connectivity index (χ3n) is 1.26. The van der Waals surface area contributed by atoms with Gasteiger partial charge in [0.15, 0.2) is 0 Å². The summed E-state index contributed by atoms with van der Waals surface area (Å²) in [5.74, 6) is 0. The van der Waals surface area contributed by atoms with Gasteiger partial charge in [0.1, 0.15) is 0 Å². The van der Waals surface area contributed by atoms with E-state index >= 15 is 0 Å². The first-order chi connectivity index (χ1) is 5.24. The van der Waals surface area contributed by atoms with Gasteiger partial charge in [0.05, 0.1) is 5.69 Å². The van der Waals surface area contributed by atoms with Crippen molar-refractivity contribution < 1.29 is 4.79 Å². The average molecular weight is 153 g/mol. The fourth-order valence-electron chi connectivity index (χ4n) is 0.760. The van der Waals surface area contributed by atoms with Gasteiger partial charge in [-0.2, -0.15) is 9.78 Å². The molecule has 4 heteroatoms. The van der Waals surface area contributed by atoms with Crippen molar-refractivity contribution in [1.82, 2.24) is 15.1 Å². The van der Waals surface area contributed by atoms with Crippen molar-refractivity contribution in [2.24, 2.45) is 0 Å². The lowest BCUT2D eigenvalue weighted by atomic mass is 10.5. The van der Waals surface area contributed by atoms with E-state index in [9.17, 15) is 4.79 Å². The molecule has 0 saturated carbocycles. The van der Waals surface area contributed by atoms with E-state index < -0.39 is 0 Å². The highest BCUT2D eigenvalue weighted by Crippen LogP contribution is 1.90. The van der Waals surface area contributed by atoms with Gasteiger partial charge in [0, 0.05) is 12.7 Å². The van der Waals surface area contributed by atoms with E-state index in [1.54, 1.807) is 12.3 Å². The highest BCUT2D eigenvalue weighted by Gasteiger charge is 2.01. The Morgan fingerprint density at radius 2 is 2.55 bits per heavy atom. The lowest BCUT2D eigenvalue weighted by Crippen LogP contribution is -2.28. The molecule has 1 heterocycles. The van der Waals surface area contributed by atoms with Crippen molar-refractivity contribution in [2.75, 3.05) is 6.54 Å². The Labute approximate surface area is 65.2 Å². The largest absolute Gasteiger partial charge is 0.342 e. The first-order valence-electron chi connectivity index (χ1n) is 3.54. The number of carbonyl (C=O) groups is 1. The summed E-state index contributed by atoms with van der Waals surface area (Å²) in [5, 5.41) is 6.57. The number of amides is 1. The summed E-state index contributed by atoms with van der Waals surface area (Å²) >= 11 is 0. The Kier molecular flexibility index (Phi) is 2.25. The van der Waals surface area contributed by atoms with Gasteiger partial charge in [-0.25, -0.2) is 4.79 Å². The minimum absolute atomic E-state index is 0.180. The number of nitrogens with one attached hydrogen (secondary N) is 1. The number of carbonyl (C=O) groups excluding carboxylic acids is 1. The fourth-order valence-corrected chi connectivity index (χ4v) is 0.760. The zero-order valence-electron chi connectivity index (χ0n) is 6.66. The maximum atomic E-state index is 11.0. The Morgan fingerprint density at radius 1 is 1.82 bits per heavy atom. The maximum absolute atomic E-state index is 11.0.